The summed E-state index contributed by atoms with van der Waals surface area (Å²) in [5, 5.41) is 2.55. The summed E-state index contributed by atoms with van der Waals surface area (Å²) in [6.07, 6.45) is -3.18. The second kappa shape index (κ2) is 8.60. The predicted octanol–water partition coefficient (Wildman–Crippen LogP) is 2.40. The van der Waals surface area contributed by atoms with Gasteiger partial charge in [0.05, 0.1) is 11.8 Å². The van der Waals surface area contributed by atoms with Crippen molar-refractivity contribution in [3.8, 4) is 0 Å². The van der Waals surface area contributed by atoms with Gasteiger partial charge in [0.2, 0.25) is 5.91 Å². The van der Waals surface area contributed by atoms with Crippen LogP contribution in [0.5, 0.6) is 0 Å². The van der Waals surface area contributed by atoms with Gasteiger partial charge in [0.1, 0.15) is 6.04 Å². The molecule has 1 aromatic carbocycles. The zero-order valence-electron chi connectivity index (χ0n) is 16.1. The van der Waals surface area contributed by atoms with E-state index in [1.165, 1.54) is 34.3 Å². The Morgan fingerprint density at radius 3 is 2.30 bits per heavy atom. The first-order chi connectivity index (χ1) is 14.2. The molecule has 2 heterocycles. The van der Waals surface area contributed by atoms with Crippen LogP contribution in [0, 0.1) is 0 Å². The Morgan fingerprint density at radius 1 is 1.03 bits per heavy atom. The summed E-state index contributed by atoms with van der Waals surface area (Å²) < 4.78 is 43.6. The molecule has 1 fully saturated rings. The first kappa shape index (κ1) is 21.4. The summed E-state index contributed by atoms with van der Waals surface area (Å²) in [5.41, 5.74) is -0.938. The van der Waals surface area contributed by atoms with Crippen LogP contribution < -0.4 is 5.32 Å². The number of amides is 3. The molecule has 1 aromatic heterocycles. The summed E-state index contributed by atoms with van der Waals surface area (Å²) in [4.78, 5) is 40.0. The molecule has 30 heavy (non-hydrogen) atoms. The molecule has 160 valence electrons. The van der Waals surface area contributed by atoms with Crippen molar-refractivity contribution in [3.63, 3.8) is 0 Å². The average Bonchev–Trinajstić information content (AvgIpc) is 3.27. The molecule has 0 aliphatic carbocycles. The number of rotatable bonds is 4. The number of carbonyl (C=O) groups excluding carboxylic acids is 3. The van der Waals surface area contributed by atoms with E-state index in [1.54, 1.807) is 13.0 Å². The van der Waals surface area contributed by atoms with E-state index in [0.717, 1.165) is 12.1 Å². The van der Waals surface area contributed by atoms with Crippen LogP contribution in [0.4, 0.5) is 13.2 Å². The van der Waals surface area contributed by atoms with Crippen LogP contribution in [-0.4, -0.2) is 59.7 Å². The van der Waals surface area contributed by atoms with Crippen LogP contribution in [0.1, 0.15) is 33.4 Å². The molecule has 0 unspecified atom stereocenters. The molecule has 0 radical (unpaired) electrons. The number of nitrogens with zero attached hydrogens (tertiary/aromatic N) is 2. The third-order valence-corrected chi connectivity index (χ3v) is 4.78. The number of hydrogen-bond donors (Lipinski definition) is 1. The minimum atomic E-state index is -4.53. The first-order valence-electron chi connectivity index (χ1n) is 9.26. The lowest BCUT2D eigenvalue weighted by Crippen LogP contribution is -2.55. The second-order valence-corrected chi connectivity index (χ2v) is 6.87. The summed E-state index contributed by atoms with van der Waals surface area (Å²) >= 11 is 0. The normalized spacial score (nSPS) is 15.6. The molecule has 10 heteroatoms. The highest BCUT2D eigenvalue weighted by Crippen LogP contribution is 2.29. The Labute approximate surface area is 170 Å². The first-order valence-corrected chi connectivity index (χ1v) is 9.26. The standard InChI is InChI=1S/C20H20F3N3O4/c1-13(24-17(27)16-6-3-11-30-16)18(28)25-7-9-26(10-8-25)19(29)14-4-2-5-15(12-14)20(21,22)23/h2-6,11-13H,7-10H2,1H3,(H,24,27)/t13-/m0/s1. The number of alkyl halides is 3. The van der Waals surface area contributed by atoms with Gasteiger partial charge in [-0.25, -0.2) is 0 Å². The molecule has 0 spiro atoms. The Morgan fingerprint density at radius 2 is 1.70 bits per heavy atom. The predicted molar refractivity (Wildman–Crippen MR) is 99.6 cm³/mol. The lowest BCUT2D eigenvalue weighted by Gasteiger charge is -2.36. The molecule has 1 atom stereocenters. The van der Waals surface area contributed by atoms with Crippen LogP contribution in [0.3, 0.4) is 0 Å². The maximum Gasteiger partial charge on any atom is 0.416 e. The van der Waals surface area contributed by atoms with Crippen LogP contribution in [0.15, 0.2) is 47.1 Å². The van der Waals surface area contributed by atoms with Crippen LogP contribution in [0.2, 0.25) is 0 Å². The van der Waals surface area contributed by atoms with E-state index >= 15 is 0 Å². The SMILES string of the molecule is C[C@H](NC(=O)c1ccco1)C(=O)N1CCN(C(=O)c2cccc(C(F)(F)F)c2)CC1. The Balaban J connectivity index is 1.56. The highest BCUT2D eigenvalue weighted by Gasteiger charge is 2.32. The lowest BCUT2D eigenvalue weighted by atomic mass is 10.1. The number of piperazine rings is 1. The highest BCUT2D eigenvalue weighted by molar-refractivity contribution is 5.96. The molecule has 0 saturated carbocycles. The Hall–Kier alpha value is -3.30. The Bertz CT molecular complexity index is 920. The summed E-state index contributed by atoms with van der Waals surface area (Å²) in [6, 6.07) is 6.50. The summed E-state index contributed by atoms with van der Waals surface area (Å²) in [7, 11) is 0. The topological polar surface area (TPSA) is 82.9 Å². The van der Waals surface area contributed by atoms with E-state index in [0.29, 0.717) is 0 Å². The van der Waals surface area contributed by atoms with Crippen molar-refractivity contribution in [2.75, 3.05) is 26.2 Å². The number of halogens is 3. The number of carbonyl (C=O) groups is 3. The monoisotopic (exact) mass is 423 g/mol. The van der Waals surface area contributed by atoms with Crippen molar-refractivity contribution in [1.29, 1.82) is 0 Å². The molecular weight excluding hydrogens is 403 g/mol. The number of hydrogen-bond acceptors (Lipinski definition) is 4. The van der Waals surface area contributed by atoms with Gasteiger partial charge in [-0.2, -0.15) is 13.2 Å². The zero-order chi connectivity index (χ0) is 21.9. The number of nitrogens with one attached hydrogen (secondary N) is 1. The van der Waals surface area contributed by atoms with Gasteiger partial charge in [-0.1, -0.05) is 6.07 Å². The van der Waals surface area contributed by atoms with E-state index in [4.69, 9.17) is 4.42 Å². The van der Waals surface area contributed by atoms with Crippen molar-refractivity contribution in [3.05, 3.63) is 59.5 Å². The lowest BCUT2D eigenvalue weighted by molar-refractivity contribution is -0.137. The molecule has 2 aromatic rings. The van der Waals surface area contributed by atoms with Crippen molar-refractivity contribution in [2.45, 2.75) is 19.1 Å². The summed E-state index contributed by atoms with van der Waals surface area (Å²) in [5.74, 6) is -1.26. The van der Waals surface area contributed by atoms with E-state index in [1.807, 2.05) is 0 Å². The fourth-order valence-electron chi connectivity index (χ4n) is 3.15. The van der Waals surface area contributed by atoms with Crippen molar-refractivity contribution in [2.24, 2.45) is 0 Å². The van der Waals surface area contributed by atoms with Gasteiger partial charge in [-0.3, -0.25) is 14.4 Å². The fraction of sp³-hybridized carbons (Fsp3) is 0.350. The third-order valence-electron chi connectivity index (χ3n) is 4.78. The maximum atomic E-state index is 12.9. The largest absolute Gasteiger partial charge is 0.459 e. The van der Waals surface area contributed by atoms with E-state index < -0.39 is 29.6 Å². The molecule has 3 amide bonds. The van der Waals surface area contributed by atoms with E-state index in [2.05, 4.69) is 5.32 Å². The van der Waals surface area contributed by atoms with Crippen molar-refractivity contribution in [1.82, 2.24) is 15.1 Å². The highest BCUT2D eigenvalue weighted by atomic mass is 19.4. The molecular formula is C20H20F3N3O4. The minimum Gasteiger partial charge on any atom is -0.459 e. The van der Waals surface area contributed by atoms with Gasteiger partial charge in [0.15, 0.2) is 5.76 Å². The zero-order valence-corrected chi connectivity index (χ0v) is 16.1. The molecule has 7 nitrogen and oxygen atoms in total. The molecule has 0 bridgehead atoms. The third kappa shape index (κ3) is 4.81. The quantitative estimate of drug-likeness (QED) is 0.819. The molecule has 1 saturated heterocycles. The van der Waals surface area contributed by atoms with Gasteiger partial charge in [0, 0.05) is 31.7 Å². The number of benzene rings is 1. The van der Waals surface area contributed by atoms with Gasteiger partial charge >= 0.3 is 6.18 Å². The maximum absolute atomic E-state index is 12.9. The van der Waals surface area contributed by atoms with Crippen LogP contribution in [-0.2, 0) is 11.0 Å². The molecule has 3 rings (SSSR count). The average molecular weight is 423 g/mol. The van der Waals surface area contributed by atoms with Crippen molar-refractivity contribution >= 4 is 17.7 Å². The smallest absolute Gasteiger partial charge is 0.416 e. The van der Waals surface area contributed by atoms with Gasteiger partial charge in [-0.05, 0) is 37.3 Å². The van der Waals surface area contributed by atoms with Gasteiger partial charge in [0.25, 0.3) is 11.8 Å². The van der Waals surface area contributed by atoms with Gasteiger partial charge in [-0.15, -0.1) is 0 Å². The number of furan rings is 1. The molecule has 1 aliphatic rings. The van der Waals surface area contributed by atoms with Crippen molar-refractivity contribution < 1.29 is 32.0 Å². The molecule has 1 aliphatic heterocycles. The van der Waals surface area contributed by atoms with E-state index in [-0.39, 0.29) is 43.4 Å². The molecule has 1 N–H and O–H groups in total. The van der Waals surface area contributed by atoms with Crippen LogP contribution in [0.25, 0.3) is 0 Å². The van der Waals surface area contributed by atoms with Crippen LogP contribution >= 0.6 is 0 Å². The minimum absolute atomic E-state index is 0.0521. The van der Waals surface area contributed by atoms with E-state index in [9.17, 15) is 27.6 Å². The summed E-state index contributed by atoms with van der Waals surface area (Å²) in [6.45, 7) is 2.33. The second-order valence-electron chi connectivity index (χ2n) is 6.87. The van der Waals surface area contributed by atoms with Gasteiger partial charge < -0.3 is 19.5 Å². The fourth-order valence-corrected chi connectivity index (χ4v) is 3.15. The Kier molecular flexibility index (Phi) is 6.14.